The summed E-state index contributed by atoms with van der Waals surface area (Å²) in [5.41, 5.74) is 1.06. The summed E-state index contributed by atoms with van der Waals surface area (Å²) in [4.78, 5) is 23.7. The van der Waals surface area contributed by atoms with Gasteiger partial charge >= 0.3 is 0 Å². The van der Waals surface area contributed by atoms with Crippen molar-refractivity contribution in [3.63, 3.8) is 0 Å². The zero-order chi connectivity index (χ0) is 16.8. The number of anilines is 1. The summed E-state index contributed by atoms with van der Waals surface area (Å²) in [5, 5.41) is 14.1. The molecule has 1 heterocycles. The smallest absolute Gasteiger partial charge is 0.230 e. The van der Waals surface area contributed by atoms with E-state index in [4.69, 9.17) is 0 Å². The second-order valence-corrected chi connectivity index (χ2v) is 7.74. The zero-order valence-electron chi connectivity index (χ0n) is 13.0. The van der Waals surface area contributed by atoms with Crippen molar-refractivity contribution < 1.29 is 9.59 Å². The maximum absolute atomic E-state index is 11.9. The number of thioether (sulfide) groups is 1. The summed E-state index contributed by atoms with van der Waals surface area (Å²) >= 11 is 2.62. The Morgan fingerprint density at radius 2 is 2.00 bits per heavy atom. The van der Waals surface area contributed by atoms with Gasteiger partial charge in [-0.1, -0.05) is 59.9 Å². The minimum absolute atomic E-state index is 0.0227. The molecule has 1 aromatic heterocycles. The number of carbonyl (C=O) groups is 2. The number of amides is 2. The predicted octanol–water partition coefficient (Wildman–Crippen LogP) is 2.69. The van der Waals surface area contributed by atoms with Gasteiger partial charge < -0.3 is 10.6 Å². The fraction of sp³-hybridized carbons (Fsp3) is 0.375. The SMILES string of the molecule is O=C(CSc1nnc(NC(=O)C2CCC2)s1)NCc1ccccc1. The lowest BCUT2D eigenvalue weighted by molar-refractivity contribution is -0.122. The number of hydrogen-bond donors (Lipinski definition) is 2. The van der Waals surface area contributed by atoms with Gasteiger partial charge in [-0.2, -0.15) is 0 Å². The normalized spacial score (nSPS) is 14.0. The molecular formula is C16H18N4O2S2. The molecular weight excluding hydrogens is 344 g/mol. The van der Waals surface area contributed by atoms with Crippen LogP contribution in [0, 0.1) is 5.92 Å². The van der Waals surface area contributed by atoms with Crippen LogP contribution >= 0.6 is 23.1 Å². The second-order valence-electron chi connectivity index (χ2n) is 5.54. The molecule has 0 radical (unpaired) electrons. The molecule has 3 rings (SSSR count). The largest absolute Gasteiger partial charge is 0.351 e. The number of nitrogens with zero attached hydrogens (tertiary/aromatic N) is 2. The fourth-order valence-corrected chi connectivity index (χ4v) is 3.76. The number of benzene rings is 1. The first-order chi connectivity index (χ1) is 11.7. The summed E-state index contributed by atoms with van der Waals surface area (Å²) in [5.74, 6) is 0.361. The van der Waals surface area contributed by atoms with Gasteiger partial charge in [-0.3, -0.25) is 9.59 Å². The first-order valence-electron chi connectivity index (χ1n) is 7.78. The molecule has 0 unspecified atom stereocenters. The van der Waals surface area contributed by atoms with E-state index in [0.717, 1.165) is 24.8 Å². The third-order valence-electron chi connectivity index (χ3n) is 3.77. The molecule has 6 nitrogen and oxygen atoms in total. The van der Waals surface area contributed by atoms with Crippen LogP contribution < -0.4 is 10.6 Å². The molecule has 1 aliphatic carbocycles. The van der Waals surface area contributed by atoms with E-state index < -0.39 is 0 Å². The Labute approximate surface area is 148 Å². The fourth-order valence-electron chi connectivity index (χ4n) is 2.17. The van der Waals surface area contributed by atoms with E-state index in [9.17, 15) is 9.59 Å². The first-order valence-corrected chi connectivity index (χ1v) is 9.59. The Kier molecular flexibility index (Phi) is 5.81. The van der Waals surface area contributed by atoms with Gasteiger partial charge in [0, 0.05) is 12.5 Å². The number of hydrogen-bond acceptors (Lipinski definition) is 6. The van der Waals surface area contributed by atoms with E-state index in [1.807, 2.05) is 30.3 Å². The zero-order valence-corrected chi connectivity index (χ0v) is 14.7. The van der Waals surface area contributed by atoms with Crippen molar-refractivity contribution in [3.8, 4) is 0 Å². The van der Waals surface area contributed by atoms with Crippen molar-refractivity contribution >= 4 is 40.0 Å². The molecule has 2 amide bonds. The summed E-state index contributed by atoms with van der Waals surface area (Å²) in [6.07, 6.45) is 3.02. The molecule has 1 aromatic carbocycles. The van der Waals surface area contributed by atoms with E-state index in [2.05, 4.69) is 20.8 Å². The molecule has 1 aliphatic rings. The van der Waals surface area contributed by atoms with Gasteiger partial charge in [0.1, 0.15) is 0 Å². The lowest BCUT2D eigenvalue weighted by atomic mass is 9.85. The van der Waals surface area contributed by atoms with E-state index in [1.54, 1.807) is 0 Å². The maximum Gasteiger partial charge on any atom is 0.230 e. The summed E-state index contributed by atoms with van der Waals surface area (Å²) in [6, 6.07) is 9.76. The topological polar surface area (TPSA) is 84.0 Å². The van der Waals surface area contributed by atoms with Crippen LogP contribution in [0.4, 0.5) is 5.13 Å². The highest BCUT2D eigenvalue weighted by Crippen LogP contribution is 2.29. The predicted molar refractivity (Wildman–Crippen MR) is 94.9 cm³/mol. The van der Waals surface area contributed by atoms with Gasteiger partial charge in [0.15, 0.2) is 4.34 Å². The Bertz CT molecular complexity index is 701. The Balaban J connectivity index is 1.40. The second kappa shape index (κ2) is 8.25. The minimum atomic E-state index is -0.0564. The Morgan fingerprint density at radius 1 is 1.21 bits per heavy atom. The van der Waals surface area contributed by atoms with E-state index in [0.29, 0.717) is 16.0 Å². The number of carbonyl (C=O) groups excluding carboxylic acids is 2. The number of rotatable bonds is 7. The third-order valence-corrected chi connectivity index (χ3v) is 5.74. The van der Waals surface area contributed by atoms with E-state index in [-0.39, 0.29) is 23.5 Å². The van der Waals surface area contributed by atoms with Crippen LogP contribution in [0.1, 0.15) is 24.8 Å². The van der Waals surface area contributed by atoms with Gasteiger partial charge in [-0.05, 0) is 18.4 Å². The molecule has 0 saturated heterocycles. The van der Waals surface area contributed by atoms with Crippen LogP contribution in [0.3, 0.4) is 0 Å². The Morgan fingerprint density at radius 3 is 2.71 bits per heavy atom. The summed E-state index contributed by atoms with van der Waals surface area (Å²) < 4.78 is 0.675. The van der Waals surface area contributed by atoms with Crippen molar-refractivity contribution in [1.82, 2.24) is 15.5 Å². The highest BCUT2D eigenvalue weighted by molar-refractivity contribution is 8.01. The van der Waals surface area contributed by atoms with Gasteiger partial charge in [0.2, 0.25) is 16.9 Å². The number of nitrogens with one attached hydrogen (secondary N) is 2. The molecule has 0 spiro atoms. The molecule has 2 aromatic rings. The average Bonchev–Trinajstić information content (AvgIpc) is 2.97. The van der Waals surface area contributed by atoms with Crippen molar-refractivity contribution in [2.24, 2.45) is 5.92 Å². The Hall–Kier alpha value is -1.93. The van der Waals surface area contributed by atoms with Crippen molar-refractivity contribution in [2.75, 3.05) is 11.1 Å². The van der Waals surface area contributed by atoms with Crippen molar-refractivity contribution in [1.29, 1.82) is 0 Å². The van der Waals surface area contributed by atoms with Crippen LogP contribution in [-0.4, -0.2) is 27.8 Å². The molecule has 2 N–H and O–H groups in total. The minimum Gasteiger partial charge on any atom is -0.351 e. The molecule has 1 fully saturated rings. The standard InChI is InChI=1S/C16H18N4O2S2/c21-13(17-9-11-5-2-1-3-6-11)10-23-16-20-19-15(24-16)18-14(22)12-7-4-8-12/h1-3,5-6,12H,4,7-10H2,(H,17,21)(H,18,19,22). The molecule has 126 valence electrons. The lowest BCUT2D eigenvalue weighted by Crippen LogP contribution is -2.27. The van der Waals surface area contributed by atoms with Gasteiger partial charge in [0.25, 0.3) is 0 Å². The summed E-state index contributed by atoms with van der Waals surface area (Å²) in [6.45, 7) is 0.513. The van der Waals surface area contributed by atoms with Gasteiger partial charge in [-0.25, -0.2) is 0 Å². The van der Waals surface area contributed by atoms with Crippen LogP contribution in [-0.2, 0) is 16.1 Å². The first kappa shape index (κ1) is 16.9. The molecule has 8 heteroatoms. The monoisotopic (exact) mass is 362 g/mol. The molecule has 0 atom stereocenters. The van der Waals surface area contributed by atoms with Gasteiger partial charge in [0.05, 0.1) is 5.75 Å². The molecule has 24 heavy (non-hydrogen) atoms. The quantitative estimate of drug-likeness (QED) is 0.584. The molecule has 0 bridgehead atoms. The number of aromatic nitrogens is 2. The van der Waals surface area contributed by atoms with Crippen LogP contribution in [0.5, 0.6) is 0 Å². The van der Waals surface area contributed by atoms with E-state index in [1.165, 1.54) is 23.1 Å². The molecule has 0 aliphatic heterocycles. The van der Waals surface area contributed by atoms with Gasteiger partial charge in [-0.15, -0.1) is 10.2 Å². The highest BCUT2D eigenvalue weighted by atomic mass is 32.2. The van der Waals surface area contributed by atoms with E-state index >= 15 is 0 Å². The highest BCUT2D eigenvalue weighted by Gasteiger charge is 2.26. The van der Waals surface area contributed by atoms with Crippen LogP contribution in [0.25, 0.3) is 0 Å². The van der Waals surface area contributed by atoms with Crippen LogP contribution in [0.2, 0.25) is 0 Å². The lowest BCUT2D eigenvalue weighted by Gasteiger charge is -2.23. The average molecular weight is 362 g/mol. The molecule has 1 saturated carbocycles. The third kappa shape index (κ3) is 4.78. The maximum atomic E-state index is 11.9. The van der Waals surface area contributed by atoms with Crippen LogP contribution in [0.15, 0.2) is 34.7 Å². The summed E-state index contributed by atoms with van der Waals surface area (Å²) in [7, 11) is 0. The van der Waals surface area contributed by atoms with Crippen molar-refractivity contribution in [3.05, 3.63) is 35.9 Å². The van der Waals surface area contributed by atoms with Crippen molar-refractivity contribution in [2.45, 2.75) is 30.1 Å².